The van der Waals surface area contributed by atoms with Crippen molar-refractivity contribution in [3.05, 3.63) is 71.8 Å². The predicted molar refractivity (Wildman–Crippen MR) is 103 cm³/mol. The molecule has 0 saturated carbocycles. The molecule has 0 aliphatic heterocycles. The fraction of sp³-hybridized carbons (Fsp3) is 0.478. The topological polar surface area (TPSA) is 9.23 Å². The molecule has 1 heteroatoms. The van der Waals surface area contributed by atoms with Crippen LogP contribution in [0.3, 0.4) is 0 Å². The fourth-order valence-electron chi connectivity index (χ4n) is 3.29. The Balaban J connectivity index is 2.09. The van der Waals surface area contributed by atoms with E-state index in [0.29, 0.717) is 30.5 Å². The molecule has 1 nitrogen and oxygen atoms in total. The summed E-state index contributed by atoms with van der Waals surface area (Å²) >= 11 is 0. The highest BCUT2D eigenvalue weighted by Crippen LogP contribution is 2.28. The zero-order valence-corrected chi connectivity index (χ0v) is 15.6. The Hall–Kier alpha value is -1.60. The second kappa shape index (κ2) is 9.64. The summed E-state index contributed by atoms with van der Waals surface area (Å²) in [7, 11) is 0. The lowest BCUT2D eigenvalue weighted by Crippen LogP contribution is -2.31. The molecule has 0 spiro atoms. The van der Waals surface area contributed by atoms with Gasteiger partial charge in [-0.1, -0.05) is 88.4 Å². The average Bonchev–Trinajstić information content (AvgIpc) is 2.58. The summed E-state index contributed by atoms with van der Waals surface area (Å²) in [5.74, 6) is 1.78. The van der Waals surface area contributed by atoms with Crippen molar-refractivity contribution >= 4 is 0 Å². The van der Waals surface area contributed by atoms with Crippen molar-refractivity contribution in [2.75, 3.05) is 0 Å². The van der Waals surface area contributed by atoms with Gasteiger partial charge in [0.1, 0.15) is 0 Å². The van der Waals surface area contributed by atoms with E-state index in [4.69, 9.17) is 4.74 Å². The Bertz CT molecular complexity index is 559. The molecule has 0 aliphatic carbocycles. The largest absolute Gasteiger partial charge is 0.373 e. The average molecular weight is 325 g/mol. The first-order chi connectivity index (χ1) is 11.6. The minimum Gasteiger partial charge on any atom is -0.373 e. The van der Waals surface area contributed by atoms with Crippen LogP contribution in [0.1, 0.15) is 45.2 Å². The Kier molecular flexibility index (Phi) is 7.52. The van der Waals surface area contributed by atoms with E-state index in [-0.39, 0.29) is 0 Å². The van der Waals surface area contributed by atoms with E-state index in [2.05, 4.69) is 88.4 Å². The lowest BCUT2D eigenvalue weighted by atomic mass is 9.81. The van der Waals surface area contributed by atoms with Gasteiger partial charge in [-0.05, 0) is 41.7 Å². The zero-order valence-electron chi connectivity index (χ0n) is 15.6. The van der Waals surface area contributed by atoms with Crippen LogP contribution >= 0.6 is 0 Å². The van der Waals surface area contributed by atoms with Crippen LogP contribution in [0.15, 0.2) is 60.7 Å². The monoisotopic (exact) mass is 324 g/mol. The molecule has 0 bridgehead atoms. The number of rotatable bonds is 9. The van der Waals surface area contributed by atoms with E-state index in [0.717, 1.165) is 12.8 Å². The van der Waals surface area contributed by atoms with Gasteiger partial charge in [0.2, 0.25) is 0 Å². The Labute approximate surface area is 148 Å². The van der Waals surface area contributed by atoms with E-state index < -0.39 is 0 Å². The first-order valence-corrected chi connectivity index (χ1v) is 9.25. The van der Waals surface area contributed by atoms with Crippen LogP contribution in [-0.2, 0) is 17.8 Å². The number of hydrogen-bond donors (Lipinski definition) is 0. The molecule has 2 atom stereocenters. The normalized spacial score (nSPS) is 14.1. The molecule has 0 heterocycles. The van der Waals surface area contributed by atoms with Crippen molar-refractivity contribution in [1.29, 1.82) is 0 Å². The fourth-order valence-corrected chi connectivity index (χ4v) is 3.29. The minimum atomic E-state index is 0.297. The summed E-state index contributed by atoms with van der Waals surface area (Å²) in [6.07, 6.45) is 2.50. The highest BCUT2D eigenvalue weighted by atomic mass is 16.5. The summed E-state index contributed by atoms with van der Waals surface area (Å²) in [4.78, 5) is 0. The first-order valence-electron chi connectivity index (χ1n) is 9.25. The predicted octanol–water partition coefficient (Wildman–Crippen LogP) is 6.13. The quantitative estimate of drug-likeness (QED) is 0.539. The summed E-state index contributed by atoms with van der Waals surface area (Å²) in [5.41, 5.74) is 2.67. The summed E-state index contributed by atoms with van der Waals surface area (Å²) in [6.45, 7) is 9.94. The van der Waals surface area contributed by atoms with E-state index in [1.165, 1.54) is 11.1 Å². The van der Waals surface area contributed by atoms with Crippen LogP contribution in [0.2, 0.25) is 0 Å². The minimum absolute atomic E-state index is 0.297. The molecular formula is C23H32O. The lowest BCUT2D eigenvalue weighted by molar-refractivity contribution is -0.0251. The van der Waals surface area contributed by atoms with Gasteiger partial charge in [-0.15, -0.1) is 0 Å². The number of benzene rings is 2. The van der Waals surface area contributed by atoms with Crippen molar-refractivity contribution in [1.82, 2.24) is 0 Å². The summed E-state index contributed by atoms with van der Waals surface area (Å²) < 4.78 is 6.43. The van der Waals surface area contributed by atoms with Gasteiger partial charge in [0.05, 0.1) is 12.7 Å². The van der Waals surface area contributed by atoms with Crippen molar-refractivity contribution in [2.45, 2.75) is 53.2 Å². The molecule has 0 N–H and O–H groups in total. The smallest absolute Gasteiger partial charge is 0.0720 e. The van der Waals surface area contributed by atoms with Crippen LogP contribution < -0.4 is 0 Å². The molecular weight excluding hydrogens is 292 g/mol. The Morgan fingerprint density at radius 2 is 1.29 bits per heavy atom. The van der Waals surface area contributed by atoms with E-state index in [1.807, 2.05) is 0 Å². The maximum absolute atomic E-state index is 6.43. The van der Waals surface area contributed by atoms with Crippen LogP contribution in [0, 0.1) is 17.8 Å². The third-order valence-electron chi connectivity index (χ3n) is 4.66. The third kappa shape index (κ3) is 6.13. The molecule has 24 heavy (non-hydrogen) atoms. The Morgan fingerprint density at radius 3 is 1.79 bits per heavy atom. The van der Waals surface area contributed by atoms with Crippen LogP contribution in [0.5, 0.6) is 0 Å². The van der Waals surface area contributed by atoms with Crippen LogP contribution in [0.25, 0.3) is 0 Å². The van der Waals surface area contributed by atoms with Gasteiger partial charge >= 0.3 is 0 Å². The molecule has 0 unspecified atom stereocenters. The number of ether oxygens (including phenoxy) is 1. The van der Waals surface area contributed by atoms with Gasteiger partial charge < -0.3 is 4.74 Å². The van der Waals surface area contributed by atoms with Gasteiger partial charge in [0.25, 0.3) is 0 Å². The first kappa shape index (κ1) is 18.7. The van der Waals surface area contributed by atoms with Crippen molar-refractivity contribution in [3.8, 4) is 0 Å². The SMILES string of the molecule is CC(C)C[C@@H](OCc1ccccc1)[C@H](Cc1ccccc1)C(C)C. The van der Waals surface area contributed by atoms with Crippen LogP contribution in [0.4, 0.5) is 0 Å². The molecule has 0 radical (unpaired) electrons. The molecule has 0 aliphatic rings. The standard InChI is InChI=1S/C23H32O/c1-18(2)15-23(24-17-21-13-9-6-10-14-21)22(19(3)4)16-20-11-7-5-8-12-20/h5-14,18-19,22-23H,15-17H2,1-4H3/t22-,23-/m1/s1. The Morgan fingerprint density at radius 1 is 0.750 bits per heavy atom. The van der Waals surface area contributed by atoms with Gasteiger partial charge in [-0.2, -0.15) is 0 Å². The second-order valence-electron chi connectivity index (χ2n) is 7.56. The number of hydrogen-bond acceptors (Lipinski definition) is 1. The second-order valence-corrected chi connectivity index (χ2v) is 7.56. The van der Waals surface area contributed by atoms with E-state index >= 15 is 0 Å². The van der Waals surface area contributed by atoms with Gasteiger partial charge in [0.15, 0.2) is 0 Å². The summed E-state index contributed by atoms with van der Waals surface area (Å²) in [5, 5.41) is 0. The zero-order chi connectivity index (χ0) is 17.4. The molecule has 0 saturated heterocycles. The van der Waals surface area contributed by atoms with E-state index in [1.54, 1.807) is 0 Å². The van der Waals surface area contributed by atoms with Gasteiger partial charge in [0, 0.05) is 0 Å². The molecule has 0 aromatic heterocycles. The van der Waals surface area contributed by atoms with Gasteiger partial charge in [-0.25, -0.2) is 0 Å². The van der Waals surface area contributed by atoms with Crippen LogP contribution in [-0.4, -0.2) is 6.10 Å². The molecule has 0 amide bonds. The maximum Gasteiger partial charge on any atom is 0.0720 e. The molecule has 130 valence electrons. The molecule has 2 aromatic rings. The van der Waals surface area contributed by atoms with Crippen molar-refractivity contribution < 1.29 is 4.74 Å². The molecule has 0 fully saturated rings. The molecule has 2 rings (SSSR count). The third-order valence-corrected chi connectivity index (χ3v) is 4.66. The maximum atomic E-state index is 6.43. The lowest BCUT2D eigenvalue weighted by Gasteiger charge is -2.32. The van der Waals surface area contributed by atoms with Gasteiger partial charge in [-0.3, -0.25) is 0 Å². The van der Waals surface area contributed by atoms with Crippen molar-refractivity contribution in [3.63, 3.8) is 0 Å². The summed E-state index contributed by atoms with van der Waals surface area (Å²) in [6, 6.07) is 21.3. The molecule has 2 aromatic carbocycles. The van der Waals surface area contributed by atoms with Crippen molar-refractivity contribution in [2.24, 2.45) is 17.8 Å². The highest BCUT2D eigenvalue weighted by Gasteiger charge is 2.26. The highest BCUT2D eigenvalue weighted by molar-refractivity contribution is 5.16. The van der Waals surface area contributed by atoms with E-state index in [9.17, 15) is 0 Å².